The van der Waals surface area contributed by atoms with Crippen LogP contribution in [-0.4, -0.2) is 34.7 Å². The number of carbonyl (C=O) groups excluding carboxylic acids is 1. The lowest BCUT2D eigenvalue weighted by Gasteiger charge is -2.43. The van der Waals surface area contributed by atoms with Crippen molar-refractivity contribution in [2.45, 2.75) is 19.1 Å². The van der Waals surface area contributed by atoms with Gasteiger partial charge in [0.1, 0.15) is 5.82 Å². The molecular weight excluding hydrogens is 223 g/mol. The molecule has 5 heteroatoms. The SMILES string of the molecule is CC1(O)CN(C(=O)NCc2ccc(F)cc2)C1. The highest BCUT2D eigenvalue weighted by Gasteiger charge is 2.39. The van der Waals surface area contributed by atoms with Crippen LogP contribution in [0.15, 0.2) is 24.3 Å². The van der Waals surface area contributed by atoms with Crippen molar-refractivity contribution in [2.24, 2.45) is 0 Å². The number of halogens is 1. The first-order chi connectivity index (χ1) is 7.96. The van der Waals surface area contributed by atoms with E-state index in [1.54, 1.807) is 19.1 Å². The lowest BCUT2D eigenvalue weighted by atomic mass is 9.98. The number of amides is 2. The summed E-state index contributed by atoms with van der Waals surface area (Å²) in [6.07, 6.45) is 0. The summed E-state index contributed by atoms with van der Waals surface area (Å²) in [5, 5.41) is 12.2. The van der Waals surface area contributed by atoms with Gasteiger partial charge in [-0.15, -0.1) is 0 Å². The first-order valence-corrected chi connectivity index (χ1v) is 5.46. The van der Waals surface area contributed by atoms with Gasteiger partial charge in [0.05, 0.1) is 18.7 Å². The molecule has 2 N–H and O–H groups in total. The summed E-state index contributed by atoms with van der Waals surface area (Å²) in [6.45, 7) is 2.75. The molecule has 17 heavy (non-hydrogen) atoms. The molecule has 0 saturated carbocycles. The number of nitrogens with zero attached hydrogens (tertiary/aromatic N) is 1. The highest BCUT2D eigenvalue weighted by molar-refractivity contribution is 5.75. The van der Waals surface area contributed by atoms with E-state index in [0.717, 1.165) is 5.56 Å². The number of aliphatic hydroxyl groups is 1. The second-order valence-electron chi connectivity index (χ2n) is 4.64. The third-order valence-electron chi connectivity index (χ3n) is 2.71. The van der Waals surface area contributed by atoms with Gasteiger partial charge >= 0.3 is 6.03 Å². The Kier molecular flexibility index (Phi) is 3.02. The van der Waals surface area contributed by atoms with Gasteiger partial charge in [0, 0.05) is 6.54 Å². The summed E-state index contributed by atoms with van der Waals surface area (Å²) in [7, 11) is 0. The molecule has 4 nitrogen and oxygen atoms in total. The second kappa shape index (κ2) is 4.33. The number of likely N-dealkylation sites (tertiary alicyclic amines) is 1. The van der Waals surface area contributed by atoms with Crippen molar-refractivity contribution in [1.29, 1.82) is 0 Å². The predicted octanol–water partition coefficient (Wildman–Crippen LogP) is 1.10. The molecular formula is C12H15FN2O2. The predicted molar refractivity (Wildman–Crippen MR) is 60.8 cm³/mol. The molecule has 0 unspecified atom stereocenters. The molecule has 0 atom stereocenters. The van der Waals surface area contributed by atoms with Crippen molar-refractivity contribution in [3.8, 4) is 0 Å². The highest BCUT2D eigenvalue weighted by Crippen LogP contribution is 2.19. The maximum Gasteiger partial charge on any atom is 0.317 e. The van der Waals surface area contributed by atoms with Crippen LogP contribution in [0.4, 0.5) is 9.18 Å². The number of nitrogens with one attached hydrogen (secondary N) is 1. The van der Waals surface area contributed by atoms with Crippen LogP contribution < -0.4 is 5.32 Å². The van der Waals surface area contributed by atoms with E-state index in [-0.39, 0.29) is 11.8 Å². The molecule has 0 radical (unpaired) electrons. The Morgan fingerprint density at radius 1 is 1.47 bits per heavy atom. The number of hydrogen-bond donors (Lipinski definition) is 2. The molecule has 0 spiro atoms. The Hall–Kier alpha value is -1.62. The topological polar surface area (TPSA) is 52.6 Å². The summed E-state index contributed by atoms with van der Waals surface area (Å²) in [4.78, 5) is 13.1. The minimum absolute atomic E-state index is 0.208. The fourth-order valence-corrected chi connectivity index (χ4v) is 1.81. The average Bonchev–Trinajstić information content (AvgIpc) is 2.24. The molecule has 1 heterocycles. The normalized spacial score (nSPS) is 17.5. The average molecular weight is 238 g/mol. The molecule has 1 aliphatic rings. The molecule has 1 aliphatic heterocycles. The Morgan fingerprint density at radius 3 is 2.59 bits per heavy atom. The number of rotatable bonds is 2. The fourth-order valence-electron chi connectivity index (χ4n) is 1.81. The van der Waals surface area contributed by atoms with Crippen LogP contribution in [0.5, 0.6) is 0 Å². The first kappa shape index (κ1) is 11.9. The zero-order valence-electron chi connectivity index (χ0n) is 9.61. The third kappa shape index (κ3) is 2.94. The maximum absolute atomic E-state index is 12.6. The molecule has 92 valence electrons. The van der Waals surface area contributed by atoms with Gasteiger partial charge < -0.3 is 15.3 Å². The maximum atomic E-state index is 12.6. The summed E-state index contributed by atoms with van der Waals surface area (Å²) in [5.41, 5.74) is 0.0831. The van der Waals surface area contributed by atoms with Gasteiger partial charge in [0.15, 0.2) is 0 Å². The van der Waals surface area contributed by atoms with Crippen molar-refractivity contribution in [2.75, 3.05) is 13.1 Å². The molecule has 2 rings (SSSR count). The van der Waals surface area contributed by atoms with Crippen molar-refractivity contribution in [1.82, 2.24) is 10.2 Å². The van der Waals surface area contributed by atoms with Crippen LogP contribution in [0.3, 0.4) is 0 Å². The van der Waals surface area contributed by atoms with E-state index in [2.05, 4.69) is 5.32 Å². The molecule has 0 aliphatic carbocycles. The molecule has 1 fully saturated rings. The van der Waals surface area contributed by atoms with Crippen molar-refractivity contribution in [3.63, 3.8) is 0 Å². The molecule has 1 aromatic rings. The van der Waals surface area contributed by atoms with E-state index in [4.69, 9.17) is 0 Å². The van der Waals surface area contributed by atoms with E-state index in [0.29, 0.717) is 19.6 Å². The van der Waals surface area contributed by atoms with E-state index < -0.39 is 5.60 Å². The van der Waals surface area contributed by atoms with E-state index in [1.165, 1.54) is 17.0 Å². The lowest BCUT2D eigenvalue weighted by molar-refractivity contribution is -0.0607. The van der Waals surface area contributed by atoms with Gasteiger partial charge in [0.25, 0.3) is 0 Å². The van der Waals surface area contributed by atoms with Gasteiger partial charge in [-0.25, -0.2) is 9.18 Å². The third-order valence-corrected chi connectivity index (χ3v) is 2.71. The van der Waals surface area contributed by atoms with Crippen LogP contribution >= 0.6 is 0 Å². The zero-order valence-corrected chi connectivity index (χ0v) is 9.61. The summed E-state index contributed by atoms with van der Waals surface area (Å²) < 4.78 is 12.6. The lowest BCUT2D eigenvalue weighted by Crippen LogP contribution is -2.63. The van der Waals surface area contributed by atoms with Gasteiger partial charge in [-0.1, -0.05) is 12.1 Å². The van der Waals surface area contributed by atoms with Crippen molar-refractivity contribution < 1.29 is 14.3 Å². The molecule has 1 saturated heterocycles. The van der Waals surface area contributed by atoms with Gasteiger partial charge in [0.2, 0.25) is 0 Å². The molecule has 0 bridgehead atoms. The van der Waals surface area contributed by atoms with Crippen LogP contribution in [0, 0.1) is 5.82 Å². The zero-order chi connectivity index (χ0) is 12.5. The smallest absolute Gasteiger partial charge is 0.317 e. The summed E-state index contributed by atoms with van der Waals surface area (Å²) >= 11 is 0. The Labute approximate surface area is 99.0 Å². The van der Waals surface area contributed by atoms with Crippen LogP contribution in [0.1, 0.15) is 12.5 Å². The number of benzene rings is 1. The van der Waals surface area contributed by atoms with Crippen LogP contribution in [-0.2, 0) is 6.54 Å². The van der Waals surface area contributed by atoms with E-state index in [9.17, 15) is 14.3 Å². The Morgan fingerprint density at radius 2 is 2.06 bits per heavy atom. The number of hydrogen-bond acceptors (Lipinski definition) is 2. The summed E-state index contributed by atoms with van der Waals surface area (Å²) in [5.74, 6) is -0.293. The summed E-state index contributed by atoms with van der Waals surface area (Å²) in [6, 6.07) is 5.76. The van der Waals surface area contributed by atoms with Gasteiger partial charge in [-0.05, 0) is 24.6 Å². The first-order valence-electron chi connectivity index (χ1n) is 5.46. The van der Waals surface area contributed by atoms with Crippen LogP contribution in [0.2, 0.25) is 0 Å². The highest BCUT2D eigenvalue weighted by atomic mass is 19.1. The number of β-amino-alcohol motifs (C(OH)–C–C–N with tert-alkyl or cyclic N) is 1. The number of carbonyl (C=O) groups is 1. The molecule has 1 aromatic carbocycles. The minimum Gasteiger partial charge on any atom is -0.386 e. The van der Waals surface area contributed by atoms with Crippen molar-refractivity contribution in [3.05, 3.63) is 35.6 Å². The van der Waals surface area contributed by atoms with Crippen LogP contribution in [0.25, 0.3) is 0 Å². The number of urea groups is 1. The Bertz CT molecular complexity index is 409. The largest absolute Gasteiger partial charge is 0.386 e. The quantitative estimate of drug-likeness (QED) is 0.810. The van der Waals surface area contributed by atoms with Crippen molar-refractivity contribution >= 4 is 6.03 Å². The van der Waals surface area contributed by atoms with Gasteiger partial charge in [-0.2, -0.15) is 0 Å². The van der Waals surface area contributed by atoms with E-state index in [1.807, 2.05) is 0 Å². The fraction of sp³-hybridized carbons (Fsp3) is 0.417. The second-order valence-corrected chi connectivity index (χ2v) is 4.64. The molecule has 2 amide bonds. The molecule has 0 aromatic heterocycles. The standard InChI is InChI=1S/C12H15FN2O2/c1-12(17)7-15(8-12)11(16)14-6-9-2-4-10(13)5-3-9/h2-5,17H,6-8H2,1H3,(H,14,16). The van der Waals surface area contributed by atoms with Gasteiger partial charge in [-0.3, -0.25) is 0 Å². The van der Waals surface area contributed by atoms with E-state index >= 15 is 0 Å². The Balaban J connectivity index is 1.79. The monoisotopic (exact) mass is 238 g/mol. The minimum atomic E-state index is -0.757.